The minimum atomic E-state index is -0.213. The summed E-state index contributed by atoms with van der Waals surface area (Å²) in [6.45, 7) is 0.812. The van der Waals surface area contributed by atoms with E-state index in [1.807, 2.05) is 43.5 Å². The summed E-state index contributed by atoms with van der Waals surface area (Å²) in [6, 6.07) is 7.81. The first-order chi connectivity index (χ1) is 7.77. The number of hydrogen-bond donors (Lipinski definition) is 1. The number of likely N-dealkylation sites (N-methyl/N-ethyl adjacent to an activating group) is 1. The average Bonchev–Trinajstić information content (AvgIpc) is 2.31. The topological polar surface area (TPSA) is 38.3 Å². The van der Waals surface area contributed by atoms with Gasteiger partial charge < -0.3 is 10.1 Å². The highest BCUT2D eigenvalue weighted by molar-refractivity contribution is 5.74. The molecule has 0 unspecified atom stereocenters. The SMILES string of the molecule is CNCC=Cc1ccccc1CC(=O)OC. The Kier molecular flexibility index (Phi) is 5.29. The number of benzene rings is 1. The number of ether oxygens (including phenoxy) is 1. The quantitative estimate of drug-likeness (QED) is 0.765. The Labute approximate surface area is 96.1 Å². The second-order valence-electron chi connectivity index (χ2n) is 3.41. The summed E-state index contributed by atoms with van der Waals surface area (Å²) < 4.78 is 4.66. The van der Waals surface area contributed by atoms with E-state index in [9.17, 15) is 4.79 Å². The van der Waals surface area contributed by atoms with Crippen molar-refractivity contribution in [3.63, 3.8) is 0 Å². The van der Waals surface area contributed by atoms with Crippen molar-refractivity contribution in [2.24, 2.45) is 0 Å². The van der Waals surface area contributed by atoms with E-state index in [2.05, 4.69) is 10.1 Å². The van der Waals surface area contributed by atoms with Crippen LogP contribution in [-0.2, 0) is 16.0 Å². The lowest BCUT2D eigenvalue weighted by molar-refractivity contribution is -0.139. The predicted octanol–water partition coefficient (Wildman–Crippen LogP) is 1.63. The molecule has 0 heterocycles. The van der Waals surface area contributed by atoms with Crippen LogP contribution in [0.4, 0.5) is 0 Å². The molecule has 0 aliphatic rings. The van der Waals surface area contributed by atoms with E-state index in [-0.39, 0.29) is 5.97 Å². The van der Waals surface area contributed by atoms with E-state index in [0.29, 0.717) is 6.42 Å². The van der Waals surface area contributed by atoms with Crippen LogP contribution in [0.1, 0.15) is 11.1 Å². The summed E-state index contributed by atoms with van der Waals surface area (Å²) in [6.07, 6.45) is 4.35. The Morgan fingerprint density at radius 1 is 1.44 bits per heavy atom. The largest absolute Gasteiger partial charge is 0.469 e. The molecule has 0 spiro atoms. The van der Waals surface area contributed by atoms with Crippen LogP contribution in [0.2, 0.25) is 0 Å². The lowest BCUT2D eigenvalue weighted by Crippen LogP contribution is -2.06. The Balaban J connectivity index is 2.79. The number of esters is 1. The molecule has 1 aromatic rings. The van der Waals surface area contributed by atoms with Gasteiger partial charge in [0.25, 0.3) is 0 Å². The minimum absolute atomic E-state index is 0.213. The lowest BCUT2D eigenvalue weighted by Gasteiger charge is -2.04. The highest BCUT2D eigenvalue weighted by Gasteiger charge is 2.05. The number of carbonyl (C=O) groups is 1. The lowest BCUT2D eigenvalue weighted by atomic mass is 10.0. The highest BCUT2D eigenvalue weighted by Crippen LogP contribution is 2.11. The number of rotatable bonds is 5. The van der Waals surface area contributed by atoms with Gasteiger partial charge in [-0.15, -0.1) is 0 Å². The van der Waals surface area contributed by atoms with Gasteiger partial charge >= 0.3 is 5.97 Å². The second kappa shape index (κ2) is 6.80. The van der Waals surface area contributed by atoms with Crippen LogP contribution in [-0.4, -0.2) is 26.7 Å². The monoisotopic (exact) mass is 219 g/mol. The van der Waals surface area contributed by atoms with Gasteiger partial charge in [0.05, 0.1) is 13.5 Å². The van der Waals surface area contributed by atoms with Gasteiger partial charge in [-0.2, -0.15) is 0 Å². The standard InChI is InChI=1S/C13H17NO2/c1-14-9-5-8-11-6-3-4-7-12(11)10-13(15)16-2/h3-8,14H,9-10H2,1-2H3. The van der Waals surface area contributed by atoms with Crippen molar-refractivity contribution in [3.05, 3.63) is 41.5 Å². The molecular weight excluding hydrogens is 202 g/mol. The van der Waals surface area contributed by atoms with Gasteiger partial charge in [0.2, 0.25) is 0 Å². The van der Waals surface area contributed by atoms with Crippen LogP contribution in [0, 0.1) is 0 Å². The van der Waals surface area contributed by atoms with Gasteiger partial charge in [-0.25, -0.2) is 0 Å². The van der Waals surface area contributed by atoms with Crippen molar-refractivity contribution in [2.45, 2.75) is 6.42 Å². The summed E-state index contributed by atoms with van der Waals surface area (Å²) in [5, 5.41) is 3.03. The number of methoxy groups -OCH3 is 1. The molecule has 0 amide bonds. The van der Waals surface area contributed by atoms with Crippen LogP contribution in [0.25, 0.3) is 6.08 Å². The van der Waals surface area contributed by atoms with Crippen molar-refractivity contribution in [2.75, 3.05) is 20.7 Å². The van der Waals surface area contributed by atoms with Gasteiger partial charge in [0.15, 0.2) is 0 Å². The molecule has 0 atom stereocenters. The highest BCUT2D eigenvalue weighted by atomic mass is 16.5. The molecule has 3 heteroatoms. The normalized spacial score (nSPS) is 10.6. The van der Waals surface area contributed by atoms with Crippen molar-refractivity contribution in [1.82, 2.24) is 5.32 Å². The van der Waals surface area contributed by atoms with E-state index in [1.54, 1.807) is 0 Å². The molecule has 0 radical (unpaired) electrons. The third-order valence-corrected chi connectivity index (χ3v) is 2.24. The van der Waals surface area contributed by atoms with E-state index in [0.717, 1.165) is 17.7 Å². The van der Waals surface area contributed by atoms with Gasteiger partial charge in [-0.1, -0.05) is 36.4 Å². The third kappa shape index (κ3) is 3.87. The van der Waals surface area contributed by atoms with E-state index < -0.39 is 0 Å². The van der Waals surface area contributed by atoms with Crippen LogP contribution in [0.15, 0.2) is 30.3 Å². The molecule has 86 valence electrons. The number of nitrogens with one attached hydrogen (secondary N) is 1. The van der Waals surface area contributed by atoms with Crippen LogP contribution in [0.3, 0.4) is 0 Å². The summed E-state index contributed by atoms with van der Waals surface area (Å²) in [4.78, 5) is 11.2. The summed E-state index contributed by atoms with van der Waals surface area (Å²) in [5.41, 5.74) is 2.05. The molecule has 0 aliphatic heterocycles. The molecule has 0 saturated heterocycles. The van der Waals surface area contributed by atoms with Gasteiger partial charge in [-0.05, 0) is 18.2 Å². The molecule has 0 aromatic heterocycles. The van der Waals surface area contributed by atoms with Crippen molar-refractivity contribution < 1.29 is 9.53 Å². The zero-order valence-corrected chi connectivity index (χ0v) is 9.69. The van der Waals surface area contributed by atoms with Gasteiger partial charge in [-0.3, -0.25) is 4.79 Å². The third-order valence-electron chi connectivity index (χ3n) is 2.24. The molecule has 1 aromatic carbocycles. The first-order valence-electron chi connectivity index (χ1n) is 5.23. The van der Waals surface area contributed by atoms with E-state index >= 15 is 0 Å². The van der Waals surface area contributed by atoms with Crippen molar-refractivity contribution in [3.8, 4) is 0 Å². The molecule has 0 bridgehead atoms. The first kappa shape index (κ1) is 12.5. The summed E-state index contributed by atoms with van der Waals surface area (Å²) >= 11 is 0. The smallest absolute Gasteiger partial charge is 0.309 e. The molecule has 1 rings (SSSR count). The Morgan fingerprint density at radius 2 is 2.19 bits per heavy atom. The second-order valence-corrected chi connectivity index (χ2v) is 3.41. The van der Waals surface area contributed by atoms with Crippen molar-refractivity contribution in [1.29, 1.82) is 0 Å². The Morgan fingerprint density at radius 3 is 2.88 bits per heavy atom. The first-order valence-corrected chi connectivity index (χ1v) is 5.23. The number of hydrogen-bond acceptors (Lipinski definition) is 3. The molecule has 0 fully saturated rings. The fourth-order valence-corrected chi connectivity index (χ4v) is 1.39. The predicted molar refractivity (Wildman–Crippen MR) is 65.1 cm³/mol. The number of carbonyl (C=O) groups excluding carboxylic acids is 1. The molecule has 0 aliphatic carbocycles. The maximum atomic E-state index is 11.2. The molecule has 1 N–H and O–H groups in total. The van der Waals surface area contributed by atoms with Gasteiger partial charge in [0, 0.05) is 6.54 Å². The van der Waals surface area contributed by atoms with Crippen molar-refractivity contribution >= 4 is 12.0 Å². The molecule has 3 nitrogen and oxygen atoms in total. The zero-order chi connectivity index (χ0) is 11.8. The van der Waals surface area contributed by atoms with E-state index in [1.165, 1.54) is 7.11 Å². The molecule has 0 saturated carbocycles. The van der Waals surface area contributed by atoms with E-state index in [4.69, 9.17) is 0 Å². The fourth-order valence-electron chi connectivity index (χ4n) is 1.39. The molecular formula is C13H17NO2. The maximum absolute atomic E-state index is 11.2. The average molecular weight is 219 g/mol. The van der Waals surface area contributed by atoms with Crippen LogP contribution in [0.5, 0.6) is 0 Å². The maximum Gasteiger partial charge on any atom is 0.309 e. The Hall–Kier alpha value is -1.61. The minimum Gasteiger partial charge on any atom is -0.469 e. The fraction of sp³-hybridized carbons (Fsp3) is 0.308. The van der Waals surface area contributed by atoms with Crippen LogP contribution >= 0.6 is 0 Å². The zero-order valence-electron chi connectivity index (χ0n) is 9.69. The van der Waals surface area contributed by atoms with Crippen LogP contribution < -0.4 is 5.32 Å². The summed E-state index contributed by atoms with van der Waals surface area (Å²) in [7, 11) is 3.30. The Bertz CT molecular complexity index is 372. The summed E-state index contributed by atoms with van der Waals surface area (Å²) in [5.74, 6) is -0.213. The molecule has 16 heavy (non-hydrogen) atoms. The van der Waals surface area contributed by atoms with Gasteiger partial charge in [0.1, 0.15) is 0 Å².